The molecule has 1 aromatic carbocycles. The molecule has 1 aliphatic rings. The standard InChI is InChI=1S/C17H11Cl3N2O4/c1-2-26-17(25)14-13(20)12(19)11(18)10(21-14)7-22-15(23)8-5-3-4-6-9(8)16(22)24/h3-6H,2,7H2,1H3. The minimum atomic E-state index is -0.778. The van der Waals surface area contributed by atoms with Gasteiger partial charge in [-0.25, -0.2) is 9.78 Å². The van der Waals surface area contributed by atoms with Crippen LogP contribution in [-0.2, 0) is 11.3 Å². The summed E-state index contributed by atoms with van der Waals surface area (Å²) < 4.78 is 4.89. The number of nitrogens with zero attached hydrogens (tertiary/aromatic N) is 2. The third kappa shape index (κ3) is 3.05. The highest BCUT2D eigenvalue weighted by atomic mass is 35.5. The highest BCUT2D eigenvalue weighted by Gasteiger charge is 2.36. The van der Waals surface area contributed by atoms with Crippen molar-refractivity contribution in [1.82, 2.24) is 9.88 Å². The molecular formula is C17H11Cl3N2O4. The topological polar surface area (TPSA) is 76.6 Å². The largest absolute Gasteiger partial charge is 0.461 e. The summed E-state index contributed by atoms with van der Waals surface area (Å²) in [6.45, 7) is 1.49. The molecule has 0 N–H and O–H groups in total. The molecule has 0 aliphatic carbocycles. The van der Waals surface area contributed by atoms with E-state index in [2.05, 4.69) is 4.98 Å². The second-order valence-corrected chi connectivity index (χ2v) is 6.45. The Morgan fingerprint density at radius 2 is 1.62 bits per heavy atom. The summed E-state index contributed by atoms with van der Waals surface area (Å²) in [5.74, 6) is -1.74. The number of imide groups is 1. The van der Waals surface area contributed by atoms with E-state index in [1.165, 1.54) is 0 Å². The normalized spacial score (nSPS) is 13.2. The first-order valence-electron chi connectivity index (χ1n) is 7.52. The quantitative estimate of drug-likeness (QED) is 0.559. The number of halogens is 3. The minimum absolute atomic E-state index is 0.0405. The van der Waals surface area contributed by atoms with Crippen molar-refractivity contribution in [3.8, 4) is 0 Å². The van der Waals surface area contributed by atoms with Gasteiger partial charge in [0, 0.05) is 0 Å². The van der Waals surface area contributed by atoms with Crippen molar-refractivity contribution in [3.05, 3.63) is 61.8 Å². The van der Waals surface area contributed by atoms with Crippen LogP contribution < -0.4 is 0 Å². The van der Waals surface area contributed by atoms with Crippen LogP contribution in [0.25, 0.3) is 0 Å². The molecule has 0 saturated heterocycles. The van der Waals surface area contributed by atoms with Crippen molar-refractivity contribution in [2.24, 2.45) is 0 Å². The van der Waals surface area contributed by atoms with E-state index in [-0.39, 0.29) is 39.6 Å². The van der Waals surface area contributed by atoms with Crippen molar-refractivity contribution in [3.63, 3.8) is 0 Å². The van der Waals surface area contributed by atoms with Gasteiger partial charge in [-0.05, 0) is 19.1 Å². The molecule has 2 aromatic rings. The van der Waals surface area contributed by atoms with Crippen molar-refractivity contribution >= 4 is 52.6 Å². The fourth-order valence-electron chi connectivity index (χ4n) is 2.53. The van der Waals surface area contributed by atoms with Crippen molar-refractivity contribution in [2.45, 2.75) is 13.5 Å². The Kier molecular flexibility index (Phi) is 5.18. The maximum Gasteiger partial charge on any atom is 0.358 e. The van der Waals surface area contributed by atoms with Crippen LogP contribution in [0.4, 0.5) is 0 Å². The van der Waals surface area contributed by atoms with Gasteiger partial charge in [-0.15, -0.1) is 0 Å². The maximum absolute atomic E-state index is 12.5. The van der Waals surface area contributed by atoms with Crippen LogP contribution in [0.15, 0.2) is 24.3 Å². The van der Waals surface area contributed by atoms with Gasteiger partial charge in [-0.1, -0.05) is 46.9 Å². The van der Waals surface area contributed by atoms with E-state index in [4.69, 9.17) is 39.5 Å². The molecule has 0 saturated carbocycles. The van der Waals surface area contributed by atoms with Gasteiger partial charge >= 0.3 is 5.97 Å². The van der Waals surface area contributed by atoms with Crippen molar-refractivity contribution < 1.29 is 19.1 Å². The number of amides is 2. The zero-order valence-corrected chi connectivity index (χ0v) is 15.7. The van der Waals surface area contributed by atoms with Gasteiger partial charge in [0.25, 0.3) is 11.8 Å². The van der Waals surface area contributed by atoms with Gasteiger partial charge < -0.3 is 4.74 Å². The second kappa shape index (κ2) is 7.23. The van der Waals surface area contributed by atoms with E-state index in [0.717, 1.165) is 4.90 Å². The van der Waals surface area contributed by atoms with Crippen LogP contribution in [0.3, 0.4) is 0 Å². The molecule has 134 valence electrons. The summed E-state index contributed by atoms with van der Waals surface area (Å²) in [5, 5.41) is -0.291. The molecule has 6 nitrogen and oxygen atoms in total. The zero-order chi connectivity index (χ0) is 19.0. The average molecular weight is 414 g/mol. The second-order valence-electron chi connectivity index (χ2n) is 5.31. The third-order valence-electron chi connectivity index (χ3n) is 3.75. The molecular weight excluding hydrogens is 403 g/mol. The Balaban J connectivity index is 2.00. The van der Waals surface area contributed by atoms with Gasteiger partial charge in [0.15, 0.2) is 5.69 Å². The van der Waals surface area contributed by atoms with E-state index in [9.17, 15) is 14.4 Å². The molecule has 1 aromatic heterocycles. The SMILES string of the molecule is CCOC(=O)c1nc(CN2C(=O)c3ccccc3C2=O)c(Cl)c(Cl)c1Cl. The van der Waals surface area contributed by atoms with Crippen molar-refractivity contribution in [2.75, 3.05) is 6.61 Å². The molecule has 0 bridgehead atoms. The van der Waals surface area contributed by atoms with Crippen LogP contribution in [0, 0.1) is 0 Å². The predicted molar refractivity (Wildman–Crippen MR) is 95.9 cm³/mol. The van der Waals surface area contributed by atoms with Gasteiger partial charge in [-0.2, -0.15) is 0 Å². The highest BCUT2D eigenvalue weighted by molar-refractivity contribution is 6.49. The van der Waals surface area contributed by atoms with Crippen LogP contribution in [0.1, 0.15) is 43.8 Å². The van der Waals surface area contributed by atoms with Crippen LogP contribution in [0.5, 0.6) is 0 Å². The number of hydrogen-bond acceptors (Lipinski definition) is 5. The molecule has 9 heteroatoms. The fourth-order valence-corrected chi connectivity index (χ4v) is 3.19. The number of carbonyl (C=O) groups is 3. The number of ether oxygens (including phenoxy) is 1. The lowest BCUT2D eigenvalue weighted by Crippen LogP contribution is -2.30. The van der Waals surface area contributed by atoms with Crippen LogP contribution in [0.2, 0.25) is 15.1 Å². The Morgan fingerprint density at radius 3 is 2.15 bits per heavy atom. The molecule has 3 rings (SSSR count). The molecule has 2 heterocycles. The van der Waals surface area contributed by atoms with Crippen molar-refractivity contribution in [1.29, 1.82) is 0 Å². The van der Waals surface area contributed by atoms with Crippen LogP contribution >= 0.6 is 34.8 Å². The number of carbonyl (C=O) groups excluding carboxylic acids is 3. The first-order valence-corrected chi connectivity index (χ1v) is 8.65. The summed E-state index contributed by atoms with van der Waals surface area (Å²) in [6.07, 6.45) is 0. The number of aromatic nitrogens is 1. The lowest BCUT2D eigenvalue weighted by molar-refractivity contribution is 0.0519. The van der Waals surface area contributed by atoms with E-state index in [1.54, 1.807) is 31.2 Å². The lowest BCUT2D eigenvalue weighted by atomic mass is 10.1. The number of esters is 1. The smallest absolute Gasteiger partial charge is 0.358 e. The molecule has 0 unspecified atom stereocenters. The first-order chi connectivity index (χ1) is 12.4. The summed E-state index contributed by atoms with van der Waals surface area (Å²) in [4.78, 5) is 42.0. The summed E-state index contributed by atoms with van der Waals surface area (Å²) in [7, 11) is 0. The molecule has 2 amide bonds. The Bertz CT molecular complexity index is 911. The summed E-state index contributed by atoms with van der Waals surface area (Å²) in [6, 6.07) is 6.44. The number of benzene rings is 1. The van der Waals surface area contributed by atoms with Gasteiger partial charge in [0.1, 0.15) is 0 Å². The highest BCUT2D eigenvalue weighted by Crippen LogP contribution is 2.35. The van der Waals surface area contributed by atoms with Crippen LogP contribution in [-0.4, -0.2) is 34.3 Å². The summed E-state index contributed by atoms with van der Waals surface area (Å²) in [5.41, 5.74) is 0.423. The third-order valence-corrected chi connectivity index (χ3v) is 5.09. The zero-order valence-electron chi connectivity index (χ0n) is 13.4. The fraction of sp³-hybridized carbons (Fsp3) is 0.176. The maximum atomic E-state index is 12.5. The minimum Gasteiger partial charge on any atom is -0.461 e. The van der Waals surface area contributed by atoms with E-state index >= 15 is 0 Å². The number of fused-ring (bicyclic) bond motifs is 1. The monoisotopic (exact) mass is 412 g/mol. The molecule has 0 spiro atoms. The first kappa shape index (κ1) is 18.6. The molecule has 26 heavy (non-hydrogen) atoms. The van der Waals surface area contributed by atoms with Gasteiger partial charge in [-0.3, -0.25) is 14.5 Å². The molecule has 0 atom stereocenters. The summed E-state index contributed by atoms with van der Waals surface area (Å²) >= 11 is 18.3. The molecule has 1 aliphatic heterocycles. The molecule has 0 fully saturated rings. The van der Waals surface area contributed by atoms with Gasteiger partial charge in [0.05, 0.1) is 45.0 Å². The van der Waals surface area contributed by atoms with Gasteiger partial charge in [0.2, 0.25) is 0 Å². The number of pyridine rings is 1. The van der Waals surface area contributed by atoms with E-state index < -0.39 is 17.8 Å². The Morgan fingerprint density at radius 1 is 1.04 bits per heavy atom. The average Bonchev–Trinajstić information content (AvgIpc) is 2.87. The Labute approximate surface area is 163 Å². The van der Waals surface area contributed by atoms with E-state index in [0.29, 0.717) is 11.1 Å². The molecule has 0 radical (unpaired) electrons. The number of hydrogen-bond donors (Lipinski definition) is 0. The lowest BCUT2D eigenvalue weighted by Gasteiger charge is -2.16. The van der Waals surface area contributed by atoms with E-state index in [1.807, 2.05) is 0 Å². The predicted octanol–water partition coefficient (Wildman–Crippen LogP) is 4.01. The Hall–Kier alpha value is -2.15. The number of rotatable bonds is 4.